The van der Waals surface area contributed by atoms with Gasteiger partial charge in [0.1, 0.15) is 0 Å². The second-order valence-electron chi connectivity index (χ2n) is 2.45. The van der Waals surface area contributed by atoms with Gasteiger partial charge in [-0.3, -0.25) is 0 Å². The van der Waals surface area contributed by atoms with E-state index >= 15 is 0 Å². The van der Waals surface area contributed by atoms with E-state index in [1.54, 1.807) is 0 Å². The standard InChI is InChI=1S/C9H10ClNS/c10-9-3-1-2-8(6-9)4-5-11-7-12/h1-3,6-7H,4-5H2,(H,11,12). The molecule has 0 radical (unpaired) electrons. The van der Waals surface area contributed by atoms with E-state index in [1.165, 1.54) is 11.1 Å². The monoisotopic (exact) mass is 199 g/mol. The molecule has 0 spiro atoms. The fourth-order valence-electron chi connectivity index (χ4n) is 0.968. The summed E-state index contributed by atoms with van der Waals surface area (Å²) in [5.41, 5.74) is 2.76. The van der Waals surface area contributed by atoms with E-state index in [4.69, 9.17) is 11.6 Å². The van der Waals surface area contributed by atoms with Crippen LogP contribution in [0.4, 0.5) is 0 Å². The largest absolute Gasteiger partial charge is 0.382 e. The number of hydrogen-bond donors (Lipinski definition) is 1. The highest BCUT2D eigenvalue weighted by Gasteiger charge is 1.92. The van der Waals surface area contributed by atoms with Gasteiger partial charge in [-0.1, -0.05) is 36.0 Å². The molecule has 0 heterocycles. The lowest BCUT2D eigenvalue weighted by molar-refractivity contribution is 0.886. The van der Waals surface area contributed by atoms with Crippen molar-refractivity contribution in [3.05, 3.63) is 34.9 Å². The van der Waals surface area contributed by atoms with Crippen molar-refractivity contribution >= 4 is 29.3 Å². The molecule has 0 unspecified atom stereocenters. The maximum Gasteiger partial charge on any atom is 0.0614 e. The van der Waals surface area contributed by atoms with Gasteiger partial charge in [0.2, 0.25) is 0 Å². The molecule has 0 saturated carbocycles. The molecule has 12 heavy (non-hydrogen) atoms. The number of halogens is 1. The number of thiocarbonyl (C=S) groups is 1. The van der Waals surface area contributed by atoms with Crippen LogP contribution in [-0.4, -0.2) is 12.0 Å². The van der Waals surface area contributed by atoms with Gasteiger partial charge in [0.25, 0.3) is 0 Å². The van der Waals surface area contributed by atoms with Crippen molar-refractivity contribution in [3.8, 4) is 0 Å². The fourth-order valence-corrected chi connectivity index (χ4v) is 1.30. The Morgan fingerprint density at radius 3 is 3.00 bits per heavy atom. The maximum absolute atomic E-state index is 5.81. The Balaban J connectivity index is 2.46. The third-order valence-corrected chi connectivity index (χ3v) is 1.93. The Labute approximate surface area is 82.7 Å². The highest BCUT2D eigenvalue weighted by Crippen LogP contribution is 2.10. The number of hydrogen-bond acceptors (Lipinski definition) is 1. The van der Waals surface area contributed by atoms with Crippen molar-refractivity contribution in [1.82, 2.24) is 5.32 Å². The van der Waals surface area contributed by atoms with Gasteiger partial charge in [-0.15, -0.1) is 0 Å². The maximum atomic E-state index is 5.81. The van der Waals surface area contributed by atoms with Crippen LogP contribution in [0.1, 0.15) is 5.56 Å². The van der Waals surface area contributed by atoms with Crippen molar-refractivity contribution in [2.45, 2.75) is 6.42 Å². The second-order valence-corrected chi connectivity index (χ2v) is 3.12. The Bertz CT molecular complexity index is 262. The Morgan fingerprint density at radius 1 is 1.50 bits per heavy atom. The summed E-state index contributed by atoms with van der Waals surface area (Å²) in [6.45, 7) is 0.865. The summed E-state index contributed by atoms with van der Waals surface area (Å²) in [6.07, 6.45) is 0.952. The average Bonchev–Trinajstić information content (AvgIpc) is 2.05. The molecule has 1 rings (SSSR count). The molecular weight excluding hydrogens is 190 g/mol. The van der Waals surface area contributed by atoms with E-state index in [0.29, 0.717) is 0 Å². The van der Waals surface area contributed by atoms with E-state index in [2.05, 4.69) is 23.6 Å². The van der Waals surface area contributed by atoms with Crippen LogP contribution in [0.15, 0.2) is 24.3 Å². The fraction of sp³-hybridized carbons (Fsp3) is 0.222. The second kappa shape index (κ2) is 5.12. The first kappa shape index (κ1) is 9.49. The van der Waals surface area contributed by atoms with Crippen LogP contribution in [0.2, 0.25) is 5.02 Å². The van der Waals surface area contributed by atoms with Gasteiger partial charge in [0, 0.05) is 11.6 Å². The van der Waals surface area contributed by atoms with Gasteiger partial charge in [-0.2, -0.15) is 0 Å². The zero-order valence-electron chi connectivity index (χ0n) is 6.59. The molecule has 1 N–H and O–H groups in total. The lowest BCUT2D eigenvalue weighted by Crippen LogP contribution is -2.13. The van der Waals surface area contributed by atoms with Crippen LogP contribution >= 0.6 is 23.8 Å². The predicted octanol–water partition coefficient (Wildman–Crippen LogP) is 2.43. The van der Waals surface area contributed by atoms with Crippen molar-refractivity contribution in [2.24, 2.45) is 0 Å². The SMILES string of the molecule is S=CNCCc1cccc(Cl)c1. The average molecular weight is 200 g/mol. The highest BCUT2D eigenvalue weighted by atomic mass is 35.5. The quantitative estimate of drug-likeness (QED) is 0.591. The highest BCUT2D eigenvalue weighted by molar-refractivity contribution is 7.78. The molecule has 0 aromatic heterocycles. The number of benzene rings is 1. The van der Waals surface area contributed by atoms with Crippen LogP contribution in [0.3, 0.4) is 0 Å². The molecule has 0 amide bonds. The molecule has 3 heteroatoms. The van der Waals surface area contributed by atoms with Crippen LogP contribution in [0.5, 0.6) is 0 Å². The molecule has 0 saturated heterocycles. The molecule has 64 valence electrons. The number of rotatable bonds is 4. The Hall–Kier alpha value is -0.600. The van der Waals surface area contributed by atoms with Crippen LogP contribution in [-0.2, 0) is 6.42 Å². The van der Waals surface area contributed by atoms with Gasteiger partial charge in [0.05, 0.1) is 5.49 Å². The third-order valence-electron chi connectivity index (χ3n) is 1.53. The molecular formula is C9H10ClNS. The smallest absolute Gasteiger partial charge is 0.0614 e. The van der Waals surface area contributed by atoms with Gasteiger partial charge in [0.15, 0.2) is 0 Å². The summed E-state index contributed by atoms with van der Waals surface area (Å²) in [5, 5.41) is 3.75. The van der Waals surface area contributed by atoms with Crippen LogP contribution in [0.25, 0.3) is 0 Å². The first-order valence-electron chi connectivity index (χ1n) is 3.74. The van der Waals surface area contributed by atoms with Crippen molar-refractivity contribution in [2.75, 3.05) is 6.54 Å². The van der Waals surface area contributed by atoms with Crippen molar-refractivity contribution < 1.29 is 0 Å². The third kappa shape index (κ3) is 3.20. The first-order valence-corrected chi connectivity index (χ1v) is 4.59. The van der Waals surface area contributed by atoms with Gasteiger partial charge in [-0.05, 0) is 24.1 Å². The molecule has 0 aliphatic rings. The molecule has 1 aromatic rings. The molecule has 0 bridgehead atoms. The van der Waals surface area contributed by atoms with E-state index in [9.17, 15) is 0 Å². The van der Waals surface area contributed by atoms with Crippen molar-refractivity contribution in [1.29, 1.82) is 0 Å². The summed E-state index contributed by atoms with van der Waals surface area (Å²) < 4.78 is 0. The molecule has 0 atom stereocenters. The molecule has 0 aliphatic heterocycles. The zero-order valence-corrected chi connectivity index (χ0v) is 8.16. The van der Waals surface area contributed by atoms with E-state index < -0.39 is 0 Å². The summed E-state index contributed by atoms with van der Waals surface area (Å²) in [6, 6.07) is 7.84. The summed E-state index contributed by atoms with van der Waals surface area (Å²) in [4.78, 5) is 0. The van der Waals surface area contributed by atoms with E-state index in [1.807, 2.05) is 18.2 Å². The topological polar surface area (TPSA) is 12.0 Å². The lowest BCUT2D eigenvalue weighted by atomic mass is 10.1. The molecule has 0 fully saturated rings. The summed E-state index contributed by atoms with van der Waals surface area (Å²) in [7, 11) is 0. The Kier molecular flexibility index (Phi) is 4.05. The van der Waals surface area contributed by atoms with Crippen LogP contribution < -0.4 is 5.32 Å². The van der Waals surface area contributed by atoms with E-state index in [0.717, 1.165) is 18.0 Å². The predicted molar refractivity (Wildman–Crippen MR) is 56.8 cm³/mol. The van der Waals surface area contributed by atoms with Gasteiger partial charge < -0.3 is 5.32 Å². The summed E-state index contributed by atoms with van der Waals surface area (Å²) >= 11 is 10.4. The van der Waals surface area contributed by atoms with Gasteiger partial charge >= 0.3 is 0 Å². The zero-order chi connectivity index (χ0) is 8.81. The van der Waals surface area contributed by atoms with E-state index in [-0.39, 0.29) is 0 Å². The molecule has 1 nitrogen and oxygen atoms in total. The van der Waals surface area contributed by atoms with Gasteiger partial charge in [-0.25, -0.2) is 0 Å². The number of nitrogens with one attached hydrogen (secondary N) is 1. The normalized spacial score (nSPS) is 9.42. The lowest BCUT2D eigenvalue weighted by Gasteiger charge is -2.00. The molecule has 0 aliphatic carbocycles. The first-order chi connectivity index (χ1) is 5.83. The minimum atomic E-state index is 0.787. The minimum Gasteiger partial charge on any atom is -0.382 e. The van der Waals surface area contributed by atoms with Crippen LogP contribution in [0, 0.1) is 0 Å². The van der Waals surface area contributed by atoms with Crippen molar-refractivity contribution in [3.63, 3.8) is 0 Å². The minimum absolute atomic E-state index is 0.787. The molecule has 1 aromatic carbocycles. The Morgan fingerprint density at radius 2 is 2.33 bits per heavy atom. The summed E-state index contributed by atoms with van der Waals surface area (Å²) in [5.74, 6) is 0.